The molecule has 0 aromatic heterocycles. The molecular formula is C29H26ClF4NO3S. The second-order valence-electron chi connectivity index (χ2n) is 9.36. The number of ether oxygens (including phenoxy) is 1. The maximum Gasteiger partial charge on any atom is 0.416 e. The average Bonchev–Trinajstić information content (AvgIpc) is 2.87. The second kappa shape index (κ2) is 10.7. The first kappa shape index (κ1) is 28.7. The number of halogens is 5. The highest BCUT2D eigenvalue weighted by molar-refractivity contribution is 7.92. The van der Waals surface area contributed by atoms with Crippen LogP contribution in [-0.2, 0) is 27.4 Å². The smallest absolute Gasteiger partial charge is 0.416 e. The van der Waals surface area contributed by atoms with Crippen molar-refractivity contribution in [3.05, 3.63) is 106 Å². The van der Waals surface area contributed by atoms with E-state index < -0.39 is 44.4 Å². The number of rotatable bonds is 6. The number of benzene rings is 3. The number of alkyl halides is 3. The molecule has 0 N–H and O–H groups in total. The van der Waals surface area contributed by atoms with Crippen molar-refractivity contribution >= 4 is 39.0 Å². The number of fused-ring (bicyclic) bond motifs is 1. The van der Waals surface area contributed by atoms with Crippen molar-refractivity contribution in [2.45, 2.75) is 37.4 Å². The van der Waals surface area contributed by atoms with Crippen molar-refractivity contribution in [1.29, 1.82) is 0 Å². The van der Waals surface area contributed by atoms with Crippen molar-refractivity contribution in [3.8, 4) is 0 Å². The van der Waals surface area contributed by atoms with Crippen molar-refractivity contribution in [1.82, 2.24) is 0 Å². The van der Waals surface area contributed by atoms with Gasteiger partial charge in [-0.15, -0.1) is 0 Å². The molecule has 3 aromatic carbocycles. The molecule has 3 aromatic rings. The highest BCUT2D eigenvalue weighted by Crippen LogP contribution is 2.42. The molecule has 0 spiro atoms. The number of hydrogen-bond donors (Lipinski definition) is 0. The maximum absolute atomic E-state index is 14.5. The van der Waals surface area contributed by atoms with Gasteiger partial charge in [-0.1, -0.05) is 48.5 Å². The fraction of sp³-hybridized carbons (Fsp3) is 0.241. The standard InChI is InChI=1S/C29H26ClF4NO3S/c1-17(28-25(30)9-6-10-26(28)31)13-20-11-12-21-15-24(19(3)38-4)18(2)35(27(21)14-20)39(36,37)23-8-5-7-22(16-23)29(32,33)34/h5-14,16,18,24H,3,15H2,1-2,4H3. The Balaban J connectivity index is 1.88. The number of anilines is 1. The van der Waals surface area contributed by atoms with Crippen LogP contribution in [0.15, 0.2) is 77.9 Å². The molecule has 4 nitrogen and oxygen atoms in total. The van der Waals surface area contributed by atoms with Crippen LogP contribution in [0.3, 0.4) is 0 Å². The molecule has 0 bridgehead atoms. The van der Waals surface area contributed by atoms with Gasteiger partial charge >= 0.3 is 6.18 Å². The molecule has 1 aliphatic heterocycles. The van der Waals surface area contributed by atoms with Crippen molar-refractivity contribution in [2.24, 2.45) is 5.92 Å². The summed E-state index contributed by atoms with van der Waals surface area (Å²) in [7, 11) is -3.03. The van der Waals surface area contributed by atoms with Gasteiger partial charge in [0.15, 0.2) is 0 Å². The highest BCUT2D eigenvalue weighted by atomic mass is 35.5. The lowest BCUT2D eigenvalue weighted by Crippen LogP contribution is -2.47. The first-order chi connectivity index (χ1) is 18.3. The third-order valence-corrected chi connectivity index (χ3v) is 9.08. The predicted octanol–water partition coefficient (Wildman–Crippen LogP) is 7.97. The van der Waals surface area contributed by atoms with Gasteiger partial charge in [0, 0.05) is 11.5 Å². The molecule has 39 heavy (non-hydrogen) atoms. The quantitative estimate of drug-likeness (QED) is 0.169. The van der Waals surface area contributed by atoms with E-state index in [1.54, 1.807) is 44.2 Å². The third-order valence-electron chi connectivity index (χ3n) is 6.87. The minimum absolute atomic E-state index is 0.218. The van der Waals surface area contributed by atoms with Crippen LogP contribution in [0.1, 0.15) is 36.1 Å². The van der Waals surface area contributed by atoms with Gasteiger partial charge in [-0.25, -0.2) is 12.8 Å². The van der Waals surface area contributed by atoms with Gasteiger partial charge in [0.2, 0.25) is 0 Å². The minimum Gasteiger partial charge on any atom is -0.501 e. The van der Waals surface area contributed by atoms with Gasteiger partial charge in [0.25, 0.3) is 10.0 Å². The SMILES string of the molecule is C=C(OC)C1Cc2ccc(C=C(C)c3c(F)cccc3Cl)cc2N(S(=O)(=O)c2cccc(C(F)(F)F)c2)C1C. The summed E-state index contributed by atoms with van der Waals surface area (Å²) in [5.74, 6) is -0.604. The van der Waals surface area contributed by atoms with E-state index in [0.717, 1.165) is 22.5 Å². The highest BCUT2D eigenvalue weighted by Gasteiger charge is 2.41. The molecule has 4 rings (SSSR count). The summed E-state index contributed by atoms with van der Waals surface area (Å²) in [5.41, 5.74) is 1.17. The van der Waals surface area contributed by atoms with E-state index >= 15 is 0 Å². The van der Waals surface area contributed by atoms with Crippen molar-refractivity contribution in [3.63, 3.8) is 0 Å². The van der Waals surface area contributed by atoms with Crippen LogP contribution in [0.4, 0.5) is 23.2 Å². The Morgan fingerprint density at radius 2 is 1.82 bits per heavy atom. The van der Waals surface area contributed by atoms with Crippen LogP contribution in [0.2, 0.25) is 5.02 Å². The van der Waals surface area contributed by atoms with Gasteiger partial charge in [0.05, 0.1) is 40.1 Å². The van der Waals surface area contributed by atoms with E-state index in [9.17, 15) is 26.0 Å². The summed E-state index contributed by atoms with van der Waals surface area (Å²) in [6.45, 7) is 7.26. The lowest BCUT2D eigenvalue weighted by atomic mass is 9.86. The fourth-order valence-electron chi connectivity index (χ4n) is 4.86. The van der Waals surface area contributed by atoms with E-state index in [1.807, 2.05) is 0 Å². The first-order valence-electron chi connectivity index (χ1n) is 12.0. The molecule has 0 saturated heterocycles. The number of nitrogens with zero attached hydrogens (tertiary/aromatic N) is 1. The third kappa shape index (κ3) is 5.56. The number of methoxy groups -OCH3 is 1. The van der Waals surface area contributed by atoms with Crippen LogP contribution in [0, 0.1) is 11.7 Å². The van der Waals surface area contributed by atoms with E-state index in [0.29, 0.717) is 40.6 Å². The molecule has 0 amide bonds. The largest absolute Gasteiger partial charge is 0.501 e. The molecule has 206 valence electrons. The Kier molecular flexibility index (Phi) is 7.87. The Labute approximate surface area is 230 Å². The number of hydrogen-bond acceptors (Lipinski definition) is 3. The van der Waals surface area contributed by atoms with E-state index in [4.69, 9.17) is 16.3 Å². The molecule has 10 heteroatoms. The van der Waals surface area contributed by atoms with Crippen molar-refractivity contribution in [2.75, 3.05) is 11.4 Å². The van der Waals surface area contributed by atoms with Gasteiger partial charge in [-0.2, -0.15) is 13.2 Å². The summed E-state index contributed by atoms with van der Waals surface area (Å²) in [6, 6.07) is 12.4. The molecule has 0 saturated carbocycles. The minimum atomic E-state index is -4.71. The predicted molar refractivity (Wildman–Crippen MR) is 145 cm³/mol. The first-order valence-corrected chi connectivity index (χ1v) is 13.8. The zero-order valence-corrected chi connectivity index (χ0v) is 23.0. The molecule has 1 aliphatic rings. The lowest BCUT2D eigenvalue weighted by molar-refractivity contribution is -0.137. The summed E-state index contributed by atoms with van der Waals surface area (Å²) >= 11 is 6.21. The van der Waals surface area contributed by atoms with Gasteiger partial charge < -0.3 is 4.74 Å². The Morgan fingerprint density at radius 3 is 2.46 bits per heavy atom. The van der Waals surface area contributed by atoms with Crippen LogP contribution in [0.25, 0.3) is 11.6 Å². The van der Waals surface area contributed by atoms with Crippen LogP contribution < -0.4 is 4.31 Å². The van der Waals surface area contributed by atoms with Crippen LogP contribution >= 0.6 is 11.6 Å². The van der Waals surface area contributed by atoms with E-state index in [-0.39, 0.29) is 10.6 Å². The zero-order valence-electron chi connectivity index (χ0n) is 21.4. The molecule has 2 unspecified atom stereocenters. The van der Waals surface area contributed by atoms with Crippen LogP contribution in [-0.4, -0.2) is 21.6 Å². The number of allylic oxidation sites excluding steroid dienone is 1. The number of sulfonamides is 1. The van der Waals surface area contributed by atoms with Gasteiger partial charge in [-0.3, -0.25) is 4.31 Å². The Hall–Kier alpha value is -3.30. The molecule has 1 heterocycles. The normalized spacial score (nSPS) is 18.1. The Bertz CT molecular complexity index is 1550. The van der Waals surface area contributed by atoms with Crippen LogP contribution in [0.5, 0.6) is 0 Å². The topological polar surface area (TPSA) is 46.6 Å². The average molecular weight is 580 g/mol. The molecule has 2 atom stereocenters. The maximum atomic E-state index is 14.5. The molecular weight excluding hydrogens is 554 g/mol. The lowest BCUT2D eigenvalue weighted by Gasteiger charge is -2.41. The molecule has 0 radical (unpaired) electrons. The summed E-state index contributed by atoms with van der Waals surface area (Å²) < 4.78 is 89.1. The summed E-state index contributed by atoms with van der Waals surface area (Å²) in [4.78, 5) is -0.492. The van der Waals surface area contributed by atoms with Crippen molar-refractivity contribution < 1.29 is 30.7 Å². The van der Waals surface area contributed by atoms with Gasteiger partial charge in [-0.05, 0) is 73.4 Å². The second-order valence-corrected chi connectivity index (χ2v) is 11.6. The summed E-state index contributed by atoms with van der Waals surface area (Å²) in [5, 5.41) is 0.227. The fourth-order valence-corrected chi connectivity index (χ4v) is 6.94. The van der Waals surface area contributed by atoms with E-state index in [2.05, 4.69) is 6.58 Å². The molecule has 0 fully saturated rings. The summed E-state index contributed by atoms with van der Waals surface area (Å²) in [6.07, 6.45) is -2.64. The molecule has 0 aliphatic carbocycles. The van der Waals surface area contributed by atoms with E-state index in [1.165, 1.54) is 19.2 Å². The van der Waals surface area contributed by atoms with Gasteiger partial charge in [0.1, 0.15) is 5.82 Å². The Morgan fingerprint density at radius 1 is 1.13 bits per heavy atom. The zero-order chi connectivity index (χ0) is 28.7. The monoisotopic (exact) mass is 579 g/mol.